The monoisotopic (exact) mass is 492 g/mol. The highest BCUT2D eigenvalue weighted by Crippen LogP contribution is 2.34. The summed E-state index contributed by atoms with van der Waals surface area (Å²) >= 11 is 0. The zero-order valence-corrected chi connectivity index (χ0v) is 20.4. The van der Waals surface area contributed by atoms with Crippen LogP contribution in [0.2, 0.25) is 0 Å². The number of sulfonamides is 1. The summed E-state index contributed by atoms with van der Waals surface area (Å²) in [7, 11) is -1.95. The number of halogens is 2. The summed E-state index contributed by atoms with van der Waals surface area (Å²) in [5.74, 6) is -1.68. The van der Waals surface area contributed by atoms with Crippen LogP contribution in [0.25, 0.3) is 10.9 Å². The van der Waals surface area contributed by atoms with Crippen molar-refractivity contribution >= 4 is 20.9 Å². The Bertz CT molecular complexity index is 1280. The van der Waals surface area contributed by atoms with Gasteiger partial charge in [0.15, 0.2) is 11.6 Å². The van der Waals surface area contributed by atoms with Crippen molar-refractivity contribution in [1.82, 2.24) is 19.4 Å². The van der Waals surface area contributed by atoms with Gasteiger partial charge in [-0.1, -0.05) is 13.8 Å². The Labute approximate surface area is 198 Å². The number of nitrogens with one attached hydrogen (secondary N) is 1. The van der Waals surface area contributed by atoms with Crippen molar-refractivity contribution in [1.29, 1.82) is 0 Å². The number of fused-ring (bicyclic) bond motifs is 1. The molecule has 0 bridgehead atoms. The number of rotatable bonds is 9. The molecule has 1 aliphatic rings. The molecule has 2 heterocycles. The maximum Gasteiger partial charge on any atom is 0.244 e. The molecule has 34 heavy (non-hydrogen) atoms. The van der Waals surface area contributed by atoms with Crippen molar-refractivity contribution in [3.8, 4) is 11.5 Å². The molecule has 0 spiro atoms. The van der Waals surface area contributed by atoms with Crippen molar-refractivity contribution < 1.29 is 21.9 Å². The lowest BCUT2D eigenvalue weighted by atomic mass is 10.1. The van der Waals surface area contributed by atoms with Gasteiger partial charge in [0, 0.05) is 30.6 Å². The minimum Gasteiger partial charge on any atom is -0.453 e. The molecule has 184 valence electrons. The molecule has 1 atom stereocenters. The molecule has 2 aromatic carbocycles. The van der Waals surface area contributed by atoms with Crippen LogP contribution in [0, 0.1) is 17.6 Å². The fourth-order valence-corrected chi connectivity index (χ4v) is 5.50. The van der Waals surface area contributed by atoms with Crippen LogP contribution in [0.1, 0.15) is 33.1 Å². The van der Waals surface area contributed by atoms with E-state index >= 15 is 0 Å². The van der Waals surface area contributed by atoms with Crippen LogP contribution in [-0.4, -0.2) is 49.3 Å². The van der Waals surface area contributed by atoms with E-state index in [0.717, 1.165) is 31.5 Å². The lowest BCUT2D eigenvalue weighted by molar-refractivity contribution is 0.297. The zero-order chi connectivity index (χ0) is 24.5. The van der Waals surface area contributed by atoms with Crippen molar-refractivity contribution in [2.45, 2.75) is 50.6 Å². The van der Waals surface area contributed by atoms with Gasteiger partial charge in [0.25, 0.3) is 0 Å². The van der Waals surface area contributed by atoms with Gasteiger partial charge in [-0.3, -0.25) is 4.68 Å². The third-order valence-corrected chi connectivity index (χ3v) is 7.57. The number of ether oxygens (including phenoxy) is 1. The van der Waals surface area contributed by atoms with Crippen molar-refractivity contribution in [2.24, 2.45) is 5.92 Å². The second kappa shape index (κ2) is 9.97. The highest BCUT2D eigenvalue weighted by Gasteiger charge is 2.25. The lowest BCUT2D eigenvalue weighted by Gasteiger charge is -2.19. The average molecular weight is 493 g/mol. The van der Waals surface area contributed by atoms with Gasteiger partial charge in [-0.25, -0.2) is 21.9 Å². The maximum atomic E-state index is 14.3. The van der Waals surface area contributed by atoms with Gasteiger partial charge in [0.2, 0.25) is 10.0 Å². The molecule has 1 aliphatic heterocycles. The molecule has 0 saturated carbocycles. The third-order valence-electron chi connectivity index (χ3n) is 6.09. The molecule has 1 fully saturated rings. The van der Waals surface area contributed by atoms with Gasteiger partial charge in [0.1, 0.15) is 16.5 Å². The minimum absolute atomic E-state index is 0.0485. The fraction of sp³-hybridized carbons (Fsp3) is 0.458. The van der Waals surface area contributed by atoms with E-state index in [4.69, 9.17) is 4.74 Å². The molecule has 1 aromatic heterocycles. The first-order valence-electron chi connectivity index (χ1n) is 11.5. The van der Waals surface area contributed by atoms with E-state index < -0.39 is 21.7 Å². The van der Waals surface area contributed by atoms with Gasteiger partial charge in [-0.05, 0) is 63.0 Å². The van der Waals surface area contributed by atoms with Crippen LogP contribution >= 0.6 is 0 Å². The van der Waals surface area contributed by atoms with Gasteiger partial charge >= 0.3 is 0 Å². The summed E-state index contributed by atoms with van der Waals surface area (Å²) in [6, 6.07) is 6.26. The number of hydrogen-bond acceptors (Lipinski definition) is 5. The first-order valence-corrected chi connectivity index (χ1v) is 12.9. The van der Waals surface area contributed by atoms with E-state index in [0.29, 0.717) is 41.9 Å². The number of hydrogen-bond donors (Lipinski definition) is 1. The molecule has 0 aliphatic carbocycles. The van der Waals surface area contributed by atoms with Gasteiger partial charge in [-0.2, -0.15) is 5.10 Å². The van der Waals surface area contributed by atoms with E-state index in [2.05, 4.69) is 14.7 Å². The Morgan fingerprint density at radius 1 is 1.21 bits per heavy atom. The van der Waals surface area contributed by atoms with E-state index in [1.165, 1.54) is 12.1 Å². The fourth-order valence-electron chi connectivity index (χ4n) is 4.33. The van der Waals surface area contributed by atoms with Crippen LogP contribution in [-0.2, 0) is 16.6 Å². The van der Waals surface area contributed by atoms with Crippen LogP contribution in [0.5, 0.6) is 11.5 Å². The summed E-state index contributed by atoms with van der Waals surface area (Å²) in [6.45, 7) is 5.97. The molecule has 3 aromatic rings. The van der Waals surface area contributed by atoms with Crippen LogP contribution in [0.3, 0.4) is 0 Å². The van der Waals surface area contributed by atoms with Gasteiger partial charge in [-0.15, -0.1) is 0 Å². The average Bonchev–Trinajstić information content (AvgIpc) is 3.34. The van der Waals surface area contributed by atoms with Crippen LogP contribution in [0.15, 0.2) is 41.4 Å². The summed E-state index contributed by atoms with van der Waals surface area (Å²) < 4.78 is 64.4. The first kappa shape index (κ1) is 24.6. The SMILES string of the molecule is CC(C)Cn1ncc2cc(Oc3ccc(F)cc3F)c(S(=O)(=O)NCCC3CCCN3C)cc21. The van der Waals surface area contributed by atoms with Crippen LogP contribution < -0.4 is 9.46 Å². The number of nitrogens with zero attached hydrogens (tertiary/aromatic N) is 3. The lowest BCUT2D eigenvalue weighted by Crippen LogP contribution is -2.32. The van der Waals surface area contributed by atoms with E-state index in [9.17, 15) is 17.2 Å². The molecule has 7 nitrogen and oxygen atoms in total. The van der Waals surface area contributed by atoms with Gasteiger partial charge in [0.05, 0.1) is 11.7 Å². The third kappa shape index (κ3) is 5.39. The quantitative estimate of drug-likeness (QED) is 0.475. The number of likely N-dealkylation sites (tertiary alicyclic amines) is 1. The molecule has 0 amide bonds. The molecular formula is C24H30F2N4O3S. The Hall–Kier alpha value is -2.56. The van der Waals surface area contributed by atoms with Crippen LogP contribution in [0.4, 0.5) is 8.78 Å². The first-order chi connectivity index (χ1) is 16.1. The summed E-state index contributed by atoms with van der Waals surface area (Å²) in [4.78, 5) is 2.12. The standard InChI is InChI=1S/C24H30F2N4O3S/c1-16(2)15-30-21-13-24(34(31,32)28-9-8-19-5-4-10-29(19)3)23(11-17(21)14-27-30)33-22-7-6-18(25)12-20(22)26/h6-7,11-14,16,19,28H,4-5,8-10,15H2,1-3H3. The molecule has 1 N–H and O–H groups in total. The van der Waals surface area contributed by atoms with Gasteiger partial charge < -0.3 is 9.64 Å². The Kier molecular flexibility index (Phi) is 7.20. The van der Waals surface area contributed by atoms with Crippen molar-refractivity contribution in [3.05, 3.63) is 48.2 Å². The van der Waals surface area contributed by atoms with E-state index in [1.54, 1.807) is 10.9 Å². The highest BCUT2D eigenvalue weighted by molar-refractivity contribution is 7.89. The Morgan fingerprint density at radius 2 is 2.00 bits per heavy atom. The Morgan fingerprint density at radius 3 is 2.68 bits per heavy atom. The topological polar surface area (TPSA) is 76.5 Å². The molecule has 1 unspecified atom stereocenters. The number of aromatic nitrogens is 2. The second-order valence-corrected chi connectivity index (χ2v) is 11.0. The molecular weight excluding hydrogens is 462 g/mol. The summed E-state index contributed by atoms with van der Waals surface area (Å²) in [5.41, 5.74) is 0.636. The second-order valence-electron chi connectivity index (χ2n) is 9.22. The van der Waals surface area contributed by atoms with E-state index in [1.807, 2.05) is 20.9 Å². The normalized spacial score (nSPS) is 17.2. The van der Waals surface area contributed by atoms with Crippen molar-refractivity contribution in [3.63, 3.8) is 0 Å². The molecule has 0 radical (unpaired) electrons. The largest absolute Gasteiger partial charge is 0.453 e. The smallest absolute Gasteiger partial charge is 0.244 e. The maximum absolute atomic E-state index is 14.3. The summed E-state index contributed by atoms with van der Waals surface area (Å²) in [5, 5.41) is 5.03. The highest BCUT2D eigenvalue weighted by atomic mass is 32.2. The number of benzene rings is 2. The molecule has 4 rings (SSSR count). The minimum atomic E-state index is -3.99. The van der Waals surface area contributed by atoms with Crippen molar-refractivity contribution in [2.75, 3.05) is 20.1 Å². The predicted molar refractivity (Wildman–Crippen MR) is 126 cm³/mol. The zero-order valence-electron chi connectivity index (χ0n) is 19.6. The van der Waals surface area contributed by atoms with E-state index in [-0.39, 0.29) is 22.9 Å². The predicted octanol–water partition coefficient (Wildman–Crippen LogP) is 4.53. The molecule has 10 heteroatoms. The molecule has 1 saturated heterocycles. The summed E-state index contributed by atoms with van der Waals surface area (Å²) in [6.07, 6.45) is 4.44. The Balaban J connectivity index is 1.69.